The van der Waals surface area contributed by atoms with Crippen LogP contribution in [0.15, 0.2) is 0 Å². The highest BCUT2D eigenvalue weighted by Gasteiger charge is 2.32. The first-order valence-corrected chi connectivity index (χ1v) is 6.11. The lowest BCUT2D eigenvalue weighted by Gasteiger charge is -2.32. The van der Waals surface area contributed by atoms with Crippen molar-refractivity contribution in [1.82, 2.24) is 5.32 Å². The summed E-state index contributed by atoms with van der Waals surface area (Å²) in [6.07, 6.45) is 5.13. The fourth-order valence-electron chi connectivity index (χ4n) is 2.38. The van der Waals surface area contributed by atoms with Crippen LogP contribution in [0.4, 0.5) is 0 Å². The molecule has 0 aromatic rings. The molecule has 0 aromatic carbocycles. The van der Waals surface area contributed by atoms with Crippen molar-refractivity contribution in [3.05, 3.63) is 0 Å². The molecule has 1 rings (SSSR count). The van der Waals surface area contributed by atoms with Crippen LogP contribution in [-0.4, -0.2) is 30.2 Å². The van der Waals surface area contributed by atoms with Crippen LogP contribution >= 0.6 is 0 Å². The van der Waals surface area contributed by atoms with Gasteiger partial charge in [-0.05, 0) is 24.2 Å². The Morgan fingerprint density at radius 1 is 1.50 bits per heavy atom. The van der Waals surface area contributed by atoms with Gasteiger partial charge in [-0.1, -0.05) is 26.7 Å². The molecule has 4 heteroatoms. The third-order valence-electron chi connectivity index (χ3n) is 3.71. The van der Waals surface area contributed by atoms with Gasteiger partial charge in [0.05, 0.1) is 6.61 Å². The lowest BCUT2D eigenvalue weighted by Crippen LogP contribution is -2.47. The largest absolute Gasteiger partial charge is 0.394 e. The molecular weight excluding hydrogens is 204 g/mol. The highest BCUT2D eigenvalue weighted by molar-refractivity contribution is 5.81. The van der Waals surface area contributed by atoms with E-state index >= 15 is 0 Å². The smallest absolute Gasteiger partial charge is 0.239 e. The third-order valence-corrected chi connectivity index (χ3v) is 3.71. The normalized spacial score (nSPS) is 19.8. The summed E-state index contributed by atoms with van der Waals surface area (Å²) < 4.78 is 0. The Balaban J connectivity index is 2.37. The molecule has 4 N–H and O–H groups in total. The molecule has 0 bridgehead atoms. The molecule has 0 heterocycles. The van der Waals surface area contributed by atoms with Crippen LogP contribution in [0.3, 0.4) is 0 Å². The Morgan fingerprint density at radius 3 is 2.56 bits per heavy atom. The van der Waals surface area contributed by atoms with Crippen molar-refractivity contribution in [2.75, 3.05) is 13.2 Å². The number of hydrogen-bond acceptors (Lipinski definition) is 3. The van der Waals surface area contributed by atoms with Crippen LogP contribution in [0.5, 0.6) is 0 Å². The predicted octanol–water partition coefficient (Wildman–Crippen LogP) is 0.639. The quantitative estimate of drug-likeness (QED) is 0.646. The molecule has 94 valence electrons. The van der Waals surface area contributed by atoms with Gasteiger partial charge in [0.25, 0.3) is 0 Å². The Labute approximate surface area is 97.6 Å². The molecule has 1 saturated carbocycles. The average molecular weight is 228 g/mol. The average Bonchev–Trinajstić information content (AvgIpc) is 2.78. The third kappa shape index (κ3) is 3.46. The van der Waals surface area contributed by atoms with Gasteiger partial charge in [0.2, 0.25) is 5.91 Å². The Hall–Kier alpha value is -0.610. The van der Waals surface area contributed by atoms with E-state index in [1.807, 2.05) is 0 Å². The van der Waals surface area contributed by atoms with E-state index in [4.69, 9.17) is 10.8 Å². The van der Waals surface area contributed by atoms with Gasteiger partial charge in [-0.15, -0.1) is 0 Å². The number of carbonyl (C=O) groups is 1. The summed E-state index contributed by atoms with van der Waals surface area (Å²) in [5.74, 6) is 0.437. The van der Waals surface area contributed by atoms with Gasteiger partial charge >= 0.3 is 0 Å². The van der Waals surface area contributed by atoms with Gasteiger partial charge in [-0.3, -0.25) is 4.79 Å². The highest BCUT2D eigenvalue weighted by atomic mass is 16.3. The van der Waals surface area contributed by atoms with Crippen LogP contribution in [0.2, 0.25) is 0 Å². The van der Waals surface area contributed by atoms with E-state index in [1.165, 1.54) is 25.7 Å². The first kappa shape index (κ1) is 13.5. The molecule has 0 radical (unpaired) electrons. The summed E-state index contributed by atoms with van der Waals surface area (Å²) in [7, 11) is 0. The van der Waals surface area contributed by atoms with E-state index < -0.39 is 6.04 Å². The van der Waals surface area contributed by atoms with Gasteiger partial charge in [-0.25, -0.2) is 0 Å². The second-order valence-corrected chi connectivity index (χ2v) is 5.48. The summed E-state index contributed by atoms with van der Waals surface area (Å²) in [6.45, 7) is 4.72. The number of amides is 1. The highest BCUT2D eigenvalue weighted by Crippen LogP contribution is 2.38. The van der Waals surface area contributed by atoms with Crippen LogP contribution in [-0.2, 0) is 4.79 Å². The molecule has 1 aliphatic rings. The standard InChI is InChI=1S/C12H24N2O2/c1-12(2,9-5-3-4-6-9)8-14-11(16)10(13)7-15/h9-10,15H,3-8,13H2,1-2H3,(H,14,16). The monoisotopic (exact) mass is 228 g/mol. The molecular formula is C12H24N2O2. The van der Waals surface area contributed by atoms with E-state index in [-0.39, 0.29) is 17.9 Å². The summed E-state index contributed by atoms with van der Waals surface area (Å²) in [4.78, 5) is 11.4. The van der Waals surface area contributed by atoms with Crippen molar-refractivity contribution in [2.45, 2.75) is 45.6 Å². The zero-order valence-corrected chi connectivity index (χ0v) is 10.3. The molecule has 4 nitrogen and oxygen atoms in total. The minimum absolute atomic E-state index is 0.126. The van der Waals surface area contributed by atoms with E-state index in [9.17, 15) is 4.79 Å². The number of nitrogens with one attached hydrogen (secondary N) is 1. The lowest BCUT2D eigenvalue weighted by atomic mass is 9.77. The zero-order valence-electron chi connectivity index (χ0n) is 10.3. The van der Waals surface area contributed by atoms with Crippen molar-refractivity contribution < 1.29 is 9.90 Å². The van der Waals surface area contributed by atoms with Gasteiger partial charge in [0, 0.05) is 6.54 Å². The van der Waals surface area contributed by atoms with Gasteiger partial charge in [-0.2, -0.15) is 0 Å². The van der Waals surface area contributed by atoms with Crippen LogP contribution in [0.1, 0.15) is 39.5 Å². The summed E-state index contributed by atoms with van der Waals surface area (Å²) in [6, 6.07) is -0.792. The first-order chi connectivity index (χ1) is 7.47. The molecule has 0 aromatic heterocycles. The molecule has 1 unspecified atom stereocenters. The molecule has 0 saturated heterocycles. The van der Waals surface area contributed by atoms with E-state index in [1.54, 1.807) is 0 Å². The molecule has 16 heavy (non-hydrogen) atoms. The van der Waals surface area contributed by atoms with E-state index in [0.29, 0.717) is 12.5 Å². The zero-order chi connectivity index (χ0) is 12.2. The van der Waals surface area contributed by atoms with Crippen LogP contribution < -0.4 is 11.1 Å². The van der Waals surface area contributed by atoms with Crippen molar-refractivity contribution in [2.24, 2.45) is 17.1 Å². The summed E-state index contributed by atoms with van der Waals surface area (Å²) in [5, 5.41) is 11.6. The summed E-state index contributed by atoms with van der Waals surface area (Å²) >= 11 is 0. The number of aliphatic hydroxyl groups is 1. The second kappa shape index (κ2) is 5.64. The summed E-state index contributed by atoms with van der Waals surface area (Å²) in [5.41, 5.74) is 5.56. The van der Waals surface area contributed by atoms with Gasteiger partial charge in [0.15, 0.2) is 0 Å². The molecule has 1 fully saturated rings. The maximum absolute atomic E-state index is 11.4. The Bertz CT molecular complexity index is 235. The Kier molecular flexibility index (Phi) is 4.74. The van der Waals surface area contributed by atoms with E-state index in [2.05, 4.69) is 19.2 Å². The minimum Gasteiger partial charge on any atom is -0.394 e. The number of hydrogen-bond donors (Lipinski definition) is 3. The fraction of sp³-hybridized carbons (Fsp3) is 0.917. The number of carbonyl (C=O) groups excluding carboxylic acids is 1. The minimum atomic E-state index is -0.792. The van der Waals surface area contributed by atoms with Gasteiger partial charge < -0.3 is 16.2 Å². The lowest BCUT2D eigenvalue weighted by molar-refractivity contribution is -0.123. The predicted molar refractivity (Wildman–Crippen MR) is 63.8 cm³/mol. The van der Waals surface area contributed by atoms with Gasteiger partial charge in [0.1, 0.15) is 6.04 Å². The molecule has 1 aliphatic carbocycles. The number of nitrogens with two attached hydrogens (primary N) is 1. The fourth-order valence-corrected chi connectivity index (χ4v) is 2.38. The number of aliphatic hydroxyl groups excluding tert-OH is 1. The van der Waals surface area contributed by atoms with E-state index in [0.717, 1.165) is 0 Å². The topological polar surface area (TPSA) is 75.4 Å². The molecule has 0 aliphatic heterocycles. The second-order valence-electron chi connectivity index (χ2n) is 5.48. The van der Waals surface area contributed by atoms with Crippen LogP contribution in [0.25, 0.3) is 0 Å². The maximum atomic E-state index is 11.4. The van der Waals surface area contributed by atoms with Crippen molar-refractivity contribution in [3.8, 4) is 0 Å². The molecule has 1 atom stereocenters. The number of rotatable bonds is 5. The maximum Gasteiger partial charge on any atom is 0.239 e. The first-order valence-electron chi connectivity index (χ1n) is 6.11. The molecule has 1 amide bonds. The SMILES string of the molecule is CC(C)(CNC(=O)C(N)CO)C1CCCC1. The molecule has 0 spiro atoms. The van der Waals surface area contributed by atoms with Crippen molar-refractivity contribution in [3.63, 3.8) is 0 Å². The van der Waals surface area contributed by atoms with Crippen LogP contribution in [0, 0.1) is 11.3 Å². The Morgan fingerprint density at radius 2 is 2.06 bits per heavy atom. The van der Waals surface area contributed by atoms with Crippen molar-refractivity contribution in [1.29, 1.82) is 0 Å². The van der Waals surface area contributed by atoms with Crippen molar-refractivity contribution >= 4 is 5.91 Å².